The lowest BCUT2D eigenvalue weighted by atomic mass is 9.88. The number of hydrogen-bond acceptors (Lipinski definition) is 4. The SMILES string of the molecule is COCCOc1cccc(CNC(=O)N2C[C@@H]3C[C@H]4C[C@H]3[C@@H]2[C@H]4O)c1. The number of nitrogens with one attached hydrogen (secondary N) is 1. The average Bonchev–Trinajstić information content (AvgIpc) is 3.23. The second kappa shape index (κ2) is 6.84. The van der Waals surface area contributed by atoms with E-state index in [1.165, 1.54) is 0 Å². The van der Waals surface area contributed by atoms with Crippen molar-refractivity contribution in [3.63, 3.8) is 0 Å². The number of methoxy groups -OCH3 is 1. The lowest BCUT2D eigenvalue weighted by Gasteiger charge is -2.29. The molecule has 5 atom stereocenters. The molecule has 0 radical (unpaired) electrons. The van der Waals surface area contributed by atoms with Gasteiger partial charge in [0.1, 0.15) is 12.4 Å². The molecule has 25 heavy (non-hydrogen) atoms. The Balaban J connectivity index is 1.33. The molecule has 4 rings (SSSR count). The molecule has 1 saturated heterocycles. The standard InChI is InChI=1S/C19H26N2O4/c1-24-5-6-25-15-4-2-3-12(7-15)10-20-19(23)21-11-14-8-13-9-16(14)17(21)18(13)22/h2-4,7,13-14,16-18,22H,5-6,8-11H2,1H3,(H,20,23)/t13-,14-,16+,17+,18-/m0/s1. The van der Waals surface area contributed by atoms with Gasteiger partial charge in [-0.2, -0.15) is 0 Å². The Labute approximate surface area is 148 Å². The van der Waals surface area contributed by atoms with Crippen LogP contribution in [0.4, 0.5) is 4.79 Å². The maximum absolute atomic E-state index is 12.6. The molecule has 6 nitrogen and oxygen atoms in total. The Bertz CT molecular complexity index is 636. The fourth-order valence-electron chi connectivity index (χ4n) is 4.92. The van der Waals surface area contributed by atoms with Crippen molar-refractivity contribution in [2.45, 2.75) is 31.5 Å². The number of aliphatic hydroxyl groups is 1. The van der Waals surface area contributed by atoms with E-state index in [4.69, 9.17) is 9.47 Å². The zero-order valence-corrected chi connectivity index (χ0v) is 14.6. The molecule has 1 aromatic rings. The molecule has 2 aliphatic carbocycles. The van der Waals surface area contributed by atoms with E-state index in [1.807, 2.05) is 29.2 Å². The number of likely N-dealkylation sites (tertiary alicyclic amines) is 1. The van der Waals surface area contributed by atoms with Crippen LogP contribution in [-0.2, 0) is 11.3 Å². The molecular formula is C19H26N2O4. The van der Waals surface area contributed by atoms with E-state index in [1.54, 1.807) is 7.11 Å². The average molecular weight is 346 g/mol. The molecular weight excluding hydrogens is 320 g/mol. The van der Waals surface area contributed by atoms with Crippen molar-refractivity contribution in [1.82, 2.24) is 10.2 Å². The number of fused-ring (bicyclic) bond motifs is 1. The highest BCUT2D eigenvalue weighted by molar-refractivity contribution is 5.75. The third-order valence-electron chi connectivity index (χ3n) is 6.01. The lowest BCUT2D eigenvalue weighted by Crippen LogP contribution is -2.47. The Kier molecular flexibility index (Phi) is 4.56. The first kappa shape index (κ1) is 16.7. The van der Waals surface area contributed by atoms with Gasteiger partial charge in [0.25, 0.3) is 0 Å². The number of amides is 2. The number of carbonyl (C=O) groups is 1. The Morgan fingerprint density at radius 1 is 1.32 bits per heavy atom. The van der Waals surface area contributed by atoms with Crippen molar-refractivity contribution in [2.75, 3.05) is 26.9 Å². The van der Waals surface area contributed by atoms with Crippen LogP contribution in [0.5, 0.6) is 5.75 Å². The smallest absolute Gasteiger partial charge is 0.318 e. The van der Waals surface area contributed by atoms with Gasteiger partial charge in [0.15, 0.2) is 0 Å². The summed E-state index contributed by atoms with van der Waals surface area (Å²) in [7, 11) is 1.64. The van der Waals surface area contributed by atoms with Crippen LogP contribution in [0.3, 0.4) is 0 Å². The fraction of sp³-hybridized carbons (Fsp3) is 0.632. The van der Waals surface area contributed by atoms with E-state index in [0.717, 1.165) is 30.7 Å². The van der Waals surface area contributed by atoms with E-state index in [0.29, 0.717) is 37.5 Å². The van der Waals surface area contributed by atoms with Gasteiger partial charge in [-0.1, -0.05) is 12.1 Å². The first-order valence-electron chi connectivity index (χ1n) is 9.10. The van der Waals surface area contributed by atoms with Crippen LogP contribution in [0.1, 0.15) is 18.4 Å². The molecule has 136 valence electrons. The number of carbonyl (C=O) groups excluding carboxylic acids is 1. The molecule has 2 bridgehead atoms. The molecule has 2 N–H and O–H groups in total. The Morgan fingerprint density at radius 3 is 3.00 bits per heavy atom. The van der Waals surface area contributed by atoms with Crippen LogP contribution in [0.15, 0.2) is 24.3 Å². The predicted octanol–water partition coefficient (Wildman–Crippen LogP) is 1.62. The number of hydrogen-bond donors (Lipinski definition) is 2. The van der Waals surface area contributed by atoms with Gasteiger partial charge in [-0.25, -0.2) is 4.79 Å². The van der Waals surface area contributed by atoms with Crippen molar-refractivity contribution < 1.29 is 19.4 Å². The van der Waals surface area contributed by atoms with Gasteiger partial charge >= 0.3 is 6.03 Å². The maximum Gasteiger partial charge on any atom is 0.318 e. The number of aliphatic hydroxyl groups excluding tert-OH is 1. The van der Waals surface area contributed by atoms with Gasteiger partial charge in [-0.05, 0) is 48.3 Å². The van der Waals surface area contributed by atoms with Gasteiger partial charge < -0.3 is 24.8 Å². The summed E-state index contributed by atoms with van der Waals surface area (Å²) >= 11 is 0. The second-order valence-corrected chi connectivity index (χ2v) is 7.44. The summed E-state index contributed by atoms with van der Waals surface area (Å²) in [6.45, 7) is 2.29. The van der Waals surface area contributed by atoms with E-state index in [2.05, 4.69) is 5.32 Å². The normalized spacial score (nSPS) is 32.2. The fourth-order valence-corrected chi connectivity index (χ4v) is 4.92. The molecule has 1 heterocycles. The molecule has 0 unspecified atom stereocenters. The van der Waals surface area contributed by atoms with Gasteiger partial charge in [-0.15, -0.1) is 0 Å². The molecule has 1 aliphatic heterocycles. The van der Waals surface area contributed by atoms with Gasteiger partial charge in [0.05, 0.1) is 18.8 Å². The highest BCUT2D eigenvalue weighted by atomic mass is 16.5. The molecule has 2 saturated carbocycles. The minimum absolute atomic E-state index is 0.0208. The highest BCUT2D eigenvalue weighted by Crippen LogP contribution is 2.54. The van der Waals surface area contributed by atoms with Crippen molar-refractivity contribution in [3.8, 4) is 5.75 Å². The van der Waals surface area contributed by atoms with E-state index < -0.39 is 0 Å². The van der Waals surface area contributed by atoms with Crippen LogP contribution in [0.25, 0.3) is 0 Å². The quantitative estimate of drug-likeness (QED) is 0.768. The van der Waals surface area contributed by atoms with Crippen LogP contribution < -0.4 is 10.1 Å². The molecule has 3 aliphatic rings. The molecule has 2 amide bonds. The zero-order chi connectivity index (χ0) is 17.4. The van der Waals surface area contributed by atoms with E-state index in [-0.39, 0.29) is 18.2 Å². The van der Waals surface area contributed by atoms with Crippen LogP contribution in [0.2, 0.25) is 0 Å². The molecule has 0 spiro atoms. The number of urea groups is 1. The minimum Gasteiger partial charge on any atom is -0.491 e. The molecule has 0 aromatic heterocycles. The summed E-state index contributed by atoms with van der Waals surface area (Å²) in [5.74, 6) is 2.26. The topological polar surface area (TPSA) is 71.0 Å². The number of rotatable bonds is 6. The molecule has 6 heteroatoms. The van der Waals surface area contributed by atoms with Crippen molar-refractivity contribution >= 4 is 6.03 Å². The number of ether oxygens (including phenoxy) is 2. The summed E-state index contributed by atoms with van der Waals surface area (Å²) in [6.07, 6.45) is 1.82. The first-order chi connectivity index (χ1) is 12.2. The first-order valence-corrected chi connectivity index (χ1v) is 9.10. The third kappa shape index (κ3) is 3.09. The lowest BCUT2D eigenvalue weighted by molar-refractivity contribution is 0.0608. The van der Waals surface area contributed by atoms with Gasteiger partial charge in [0, 0.05) is 20.2 Å². The minimum atomic E-state index is -0.341. The van der Waals surface area contributed by atoms with E-state index in [9.17, 15) is 9.90 Å². The van der Waals surface area contributed by atoms with Crippen LogP contribution in [-0.4, -0.2) is 55.1 Å². The Hall–Kier alpha value is -1.79. The highest BCUT2D eigenvalue weighted by Gasteiger charge is 2.59. The monoisotopic (exact) mass is 346 g/mol. The molecule has 3 fully saturated rings. The second-order valence-electron chi connectivity index (χ2n) is 7.44. The number of benzene rings is 1. The Morgan fingerprint density at radius 2 is 2.20 bits per heavy atom. The van der Waals surface area contributed by atoms with E-state index >= 15 is 0 Å². The molecule has 1 aromatic carbocycles. The predicted molar refractivity (Wildman–Crippen MR) is 92.3 cm³/mol. The van der Waals surface area contributed by atoms with Crippen molar-refractivity contribution in [2.24, 2.45) is 17.8 Å². The summed E-state index contributed by atoms with van der Waals surface area (Å²) in [5.41, 5.74) is 0.996. The van der Waals surface area contributed by atoms with Crippen molar-refractivity contribution in [3.05, 3.63) is 29.8 Å². The van der Waals surface area contributed by atoms with Gasteiger partial charge in [0.2, 0.25) is 0 Å². The third-order valence-corrected chi connectivity index (χ3v) is 6.01. The largest absolute Gasteiger partial charge is 0.491 e. The summed E-state index contributed by atoms with van der Waals surface area (Å²) in [4.78, 5) is 14.5. The maximum atomic E-state index is 12.6. The van der Waals surface area contributed by atoms with Crippen LogP contribution >= 0.6 is 0 Å². The van der Waals surface area contributed by atoms with Crippen LogP contribution in [0, 0.1) is 17.8 Å². The zero-order valence-electron chi connectivity index (χ0n) is 14.6. The number of nitrogens with zero attached hydrogens (tertiary/aromatic N) is 1. The summed E-state index contributed by atoms with van der Waals surface area (Å²) in [5, 5.41) is 13.4. The van der Waals surface area contributed by atoms with Gasteiger partial charge in [-0.3, -0.25) is 0 Å². The summed E-state index contributed by atoms with van der Waals surface area (Å²) < 4.78 is 10.6. The van der Waals surface area contributed by atoms with Crippen molar-refractivity contribution in [1.29, 1.82) is 0 Å². The summed E-state index contributed by atoms with van der Waals surface area (Å²) in [6, 6.07) is 7.68.